The second-order valence-corrected chi connectivity index (χ2v) is 9.45. The summed E-state index contributed by atoms with van der Waals surface area (Å²) in [6.45, 7) is 6.57. The van der Waals surface area contributed by atoms with E-state index >= 15 is 0 Å². The topological polar surface area (TPSA) is 110 Å². The van der Waals surface area contributed by atoms with Gasteiger partial charge >= 0.3 is 0 Å². The summed E-state index contributed by atoms with van der Waals surface area (Å²) < 4.78 is 7.48. The fourth-order valence-electron chi connectivity index (χ4n) is 4.71. The van der Waals surface area contributed by atoms with Gasteiger partial charge in [-0.05, 0) is 37.5 Å². The summed E-state index contributed by atoms with van der Waals surface area (Å²) in [6, 6.07) is 5.93. The molecule has 4 aromatic rings. The summed E-state index contributed by atoms with van der Waals surface area (Å²) in [6.07, 6.45) is 6.62. The van der Waals surface area contributed by atoms with Crippen molar-refractivity contribution >= 4 is 39.6 Å². The monoisotopic (exact) mass is 472 g/mol. The van der Waals surface area contributed by atoms with Gasteiger partial charge in [-0.25, -0.2) is 19.5 Å². The van der Waals surface area contributed by atoms with Gasteiger partial charge < -0.3 is 20.3 Å². The Morgan fingerprint density at radius 3 is 2.80 bits per heavy atom. The lowest BCUT2D eigenvalue weighted by Gasteiger charge is -2.32. The second-order valence-electron chi connectivity index (χ2n) is 9.45. The fourth-order valence-corrected chi connectivity index (χ4v) is 4.71. The van der Waals surface area contributed by atoms with E-state index in [4.69, 9.17) is 14.8 Å². The first-order valence-electron chi connectivity index (χ1n) is 12.0. The molecule has 2 N–H and O–H groups in total. The van der Waals surface area contributed by atoms with Gasteiger partial charge in [0.15, 0.2) is 11.5 Å². The van der Waals surface area contributed by atoms with Gasteiger partial charge in [0.25, 0.3) is 0 Å². The molecule has 0 spiro atoms. The predicted octanol–water partition coefficient (Wildman–Crippen LogP) is 3.20. The fraction of sp³-hybridized carbons (Fsp3) is 0.400. The van der Waals surface area contributed by atoms with Gasteiger partial charge in [-0.3, -0.25) is 4.79 Å². The number of hydrogen-bond donors (Lipinski definition) is 2. The van der Waals surface area contributed by atoms with Crippen molar-refractivity contribution in [1.29, 1.82) is 0 Å². The molecule has 3 atom stereocenters. The quantitative estimate of drug-likeness (QED) is 0.456. The summed E-state index contributed by atoms with van der Waals surface area (Å²) in [7, 11) is 1.82. The van der Waals surface area contributed by atoms with E-state index in [0.717, 1.165) is 47.2 Å². The minimum absolute atomic E-state index is 0.0182. The largest absolute Gasteiger partial charge is 0.375 e. The molecule has 1 amide bonds. The molecule has 0 bridgehead atoms. The molecule has 1 aliphatic heterocycles. The van der Waals surface area contributed by atoms with Crippen LogP contribution in [0.15, 0.2) is 36.8 Å². The number of carbonyl (C=O) groups excluding carboxylic acids is 1. The Labute approximate surface area is 202 Å². The summed E-state index contributed by atoms with van der Waals surface area (Å²) in [4.78, 5) is 28.6. The number of carbonyl (C=O) groups is 1. The van der Waals surface area contributed by atoms with Gasteiger partial charge in [-0.1, -0.05) is 6.92 Å². The maximum Gasteiger partial charge on any atom is 0.228 e. The molecule has 0 aromatic carbocycles. The predicted molar refractivity (Wildman–Crippen MR) is 135 cm³/mol. The van der Waals surface area contributed by atoms with Crippen LogP contribution in [-0.2, 0) is 9.53 Å². The Morgan fingerprint density at radius 1 is 1.17 bits per heavy atom. The highest BCUT2D eigenvalue weighted by atomic mass is 16.5. The average molecular weight is 473 g/mol. The van der Waals surface area contributed by atoms with E-state index in [2.05, 4.69) is 45.4 Å². The number of fused-ring (bicyclic) bond motifs is 2. The number of amides is 1. The third kappa shape index (κ3) is 4.03. The van der Waals surface area contributed by atoms with Gasteiger partial charge in [-0.15, -0.1) is 5.10 Å². The molecule has 6 rings (SSSR count). The van der Waals surface area contributed by atoms with Crippen molar-refractivity contribution in [1.82, 2.24) is 24.6 Å². The summed E-state index contributed by atoms with van der Waals surface area (Å²) in [5.41, 5.74) is 2.62. The zero-order chi connectivity index (χ0) is 24.1. The van der Waals surface area contributed by atoms with Gasteiger partial charge in [0.05, 0.1) is 24.6 Å². The van der Waals surface area contributed by atoms with Crippen molar-refractivity contribution in [3.8, 4) is 11.4 Å². The van der Waals surface area contributed by atoms with Gasteiger partial charge in [0, 0.05) is 54.8 Å². The van der Waals surface area contributed by atoms with E-state index in [-0.39, 0.29) is 17.9 Å². The molecule has 35 heavy (non-hydrogen) atoms. The van der Waals surface area contributed by atoms with Gasteiger partial charge in [0.2, 0.25) is 5.91 Å². The number of aromatic nitrogens is 5. The Balaban J connectivity index is 1.39. The van der Waals surface area contributed by atoms with Crippen LogP contribution in [0.25, 0.3) is 27.8 Å². The molecule has 2 fully saturated rings. The number of hydrogen-bond acceptors (Lipinski definition) is 8. The van der Waals surface area contributed by atoms with Crippen molar-refractivity contribution in [3.05, 3.63) is 36.8 Å². The molecule has 1 saturated carbocycles. The van der Waals surface area contributed by atoms with Crippen LogP contribution in [0.1, 0.15) is 20.3 Å². The highest BCUT2D eigenvalue weighted by molar-refractivity contribution is 6.03. The van der Waals surface area contributed by atoms with E-state index in [9.17, 15) is 4.79 Å². The lowest BCUT2D eigenvalue weighted by Crippen LogP contribution is -2.41. The van der Waals surface area contributed by atoms with Crippen LogP contribution >= 0.6 is 0 Å². The van der Waals surface area contributed by atoms with Crippen molar-refractivity contribution < 1.29 is 9.53 Å². The third-order valence-electron chi connectivity index (χ3n) is 6.87. The van der Waals surface area contributed by atoms with E-state index in [1.54, 1.807) is 16.9 Å². The first-order chi connectivity index (χ1) is 17.0. The first kappa shape index (κ1) is 21.7. The van der Waals surface area contributed by atoms with Crippen LogP contribution in [0.3, 0.4) is 0 Å². The zero-order valence-electron chi connectivity index (χ0n) is 20.0. The molecule has 10 heteroatoms. The molecule has 5 heterocycles. The summed E-state index contributed by atoms with van der Waals surface area (Å²) in [5.74, 6) is 2.31. The number of morpholine rings is 1. The van der Waals surface area contributed by atoms with Crippen molar-refractivity contribution in [2.45, 2.75) is 26.4 Å². The van der Waals surface area contributed by atoms with E-state index < -0.39 is 0 Å². The standard InChI is InChI=1S/C25H28N8O2/c1-14-8-17(14)25(34)29-21-9-18-19(10-27-21)23(26-3)28-11-20(18)24-30-22-5-4-16(13-33(22)31-24)32-6-7-35-15(2)12-32/h4-5,9-11,13-15,17H,6-8,12H2,1-3H3,(H,26,28)(H,27,29,34)/t14?,15-,17?/m0/s1. The Bertz CT molecular complexity index is 1430. The molecule has 4 aromatic heterocycles. The molecular weight excluding hydrogens is 444 g/mol. The van der Waals surface area contributed by atoms with Crippen LogP contribution < -0.4 is 15.5 Å². The van der Waals surface area contributed by atoms with Gasteiger partial charge in [-0.2, -0.15) is 0 Å². The van der Waals surface area contributed by atoms with Crippen molar-refractivity contribution in [2.24, 2.45) is 11.8 Å². The lowest BCUT2D eigenvalue weighted by molar-refractivity contribution is -0.117. The molecule has 180 valence electrons. The second kappa shape index (κ2) is 8.46. The van der Waals surface area contributed by atoms with Crippen molar-refractivity contribution in [2.75, 3.05) is 42.3 Å². The highest BCUT2D eigenvalue weighted by Gasteiger charge is 2.39. The number of pyridine rings is 3. The molecule has 2 aliphatic rings. The number of ether oxygens (including phenoxy) is 1. The SMILES string of the molecule is CNc1ncc(-c2nc3ccc(N4CCO[C@@H](C)C4)cn3n2)c2cc(NC(=O)C3CC3C)ncc12. The summed E-state index contributed by atoms with van der Waals surface area (Å²) in [5, 5.41) is 12.6. The third-order valence-corrected chi connectivity index (χ3v) is 6.87. The summed E-state index contributed by atoms with van der Waals surface area (Å²) >= 11 is 0. The smallest absolute Gasteiger partial charge is 0.228 e. The van der Waals surface area contributed by atoms with Crippen molar-refractivity contribution in [3.63, 3.8) is 0 Å². The number of nitrogens with one attached hydrogen (secondary N) is 2. The molecule has 10 nitrogen and oxygen atoms in total. The van der Waals surface area contributed by atoms with E-state index in [0.29, 0.717) is 30.0 Å². The minimum Gasteiger partial charge on any atom is -0.375 e. The minimum atomic E-state index is 0.0182. The van der Waals surface area contributed by atoms with Crippen LogP contribution in [0.5, 0.6) is 0 Å². The van der Waals surface area contributed by atoms with Crippen LogP contribution in [0, 0.1) is 11.8 Å². The normalized spacial score (nSPS) is 21.9. The zero-order valence-corrected chi connectivity index (χ0v) is 20.0. The molecular formula is C25H28N8O2. The highest BCUT2D eigenvalue weighted by Crippen LogP contribution is 2.39. The number of nitrogens with zero attached hydrogens (tertiary/aromatic N) is 6. The van der Waals surface area contributed by atoms with E-state index in [1.165, 1.54) is 0 Å². The Kier molecular flexibility index (Phi) is 5.25. The maximum absolute atomic E-state index is 12.5. The molecule has 2 unspecified atom stereocenters. The molecule has 1 saturated heterocycles. The first-order valence-corrected chi connectivity index (χ1v) is 12.0. The molecule has 1 aliphatic carbocycles. The molecule has 0 radical (unpaired) electrons. The average Bonchev–Trinajstić information content (AvgIpc) is 3.45. The number of anilines is 3. The van der Waals surface area contributed by atoms with Crippen LogP contribution in [-0.4, -0.2) is 63.3 Å². The van der Waals surface area contributed by atoms with Crippen LogP contribution in [0.4, 0.5) is 17.3 Å². The Hall–Kier alpha value is -3.79. The maximum atomic E-state index is 12.5. The number of rotatable bonds is 5. The Morgan fingerprint density at radius 2 is 2.03 bits per heavy atom. The van der Waals surface area contributed by atoms with E-state index in [1.807, 2.05) is 25.4 Å². The van der Waals surface area contributed by atoms with Gasteiger partial charge in [0.1, 0.15) is 11.6 Å². The van der Waals surface area contributed by atoms with Crippen LogP contribution in [0.2, 0.25) is 0 Å². The lowest BCUT2D eigenvalue weighted by atomic mass is 10.1.